The van der Waals surface area contributed by atoms with Gasteiger partial charge in [-0.1, -0.05) is 0 Å². The van der Waals surface area contributed by atoms with E-state index in [9.17, 15) is 14.7 Å². The Balaban J connectivity index is 2.33. The molecule has 0 fully saturated rings. The number of aromatic amines is 1. The average Bonchev–Trinajstić information content (AvgIpc) is 2.85. The first kappa shape index (κ1) is 13.7. The fourth-order valence-electron chi connectivity index (χ4n) is 2.18. The average molecular weight is 301 g/mol. The van der Waals surface area contributed by atoms with Gasteiger partial charge in [-0.2, -0.15) is 5.10 Å². The standard InChI is InChI=1S/C13H11N5O4/c1-5-3-6(2)18-11(15-5)7(4-14-18)10-16-8(13(21)22)9(19)12(20)17-10/h3-4,19H,1-2H3,(H,21,22)(H,16,17,20). The molecule has 0 saturated carbocycles. The Labute approximate surface area is 122 Å². The van der Waals surface area contributed by atoms with E-state index in [0.717, 1.165) is 11.4 Å². The van der Waals surface area contributed by atoms with E-state index in [4.69, 9.17) is 5.11 Å². The molecule has 0 bridgehead atoms. The lowest BCUT2D eigenvalue weighted by Gasteiger charge is -2.04. The van der Waals surface area contributed by atoms with E-state index in [1.807, 2.05) is 13.0 Å². The van der Waals surface area contributed by atoms with E-state index >= 15 is 0 Å². The van der Waals surface area contributed by atoms with E-state index in [2.05, 4.69) is 20.1 Å². The van der Waals surface area contributed by atoms with E-state index in [-0.39, 0.29) is 5.82 Å². The van der Waals surface area contributed by atoms with Gasteiger partial charge in [0, 0.05) is 11.4 Å². The number of carboxylic acid groups (broad SMARTS) is 1. The summed E-state index contributed by atoms with van der Waals surface area (Å²) >= 11 is 0. The summed E-state index contributed by atoms with van der Waals surface area (Å²) in [5.41, 5.74) is 0.711. The zero-order valence-electron chi connectivity index (χ0n) is 11.7. The first-order chi connectivity index (χ1) is 10.4. The zero-order chi connectivity index (χ0) is 16.0. The molecule has 0 spiro atoms. The van der Waals surface area contributed by atoms with Gasteiger partial charge in [0.2, 0.25) is 5.75 Å². The number of nitrogens with zero attached hydrogens (tertiary/aromatic N) is 4. The summed E-state index contributed by atoms with van der Waals surface area (Å²) in [4.78, 5) is 33.2. The summed E-state index contributed by atoms with van der Waals surface area (Å²) in [6.07, 6.45) is 1.43. The summed E-state index contributed by atoms with van der Waals surface area (Å²) in [5.74, 6) is -2.46. The minimum Gasteiger partial charge on any atom is -0.501 e. The molecular formula is C13H11N5O4. The Morgan fingerprint density at radius 1 is 1.32 bits per heavy atom. The second kappa shape index (κ2) is 4.65. The lowest BCUT2D eigenvalue weighted by atomic mass is 10.2. The zero-order valence-corrected chi connectivity index (χ0v) is 11.7. The van der Waals surface area contributed by atoms with Crippen LogP contribution in [0.5, 0.6) is 5.75 Å². The number of hydrogen-bond donors (Lipinski definition) is 3. The van der Waals surface area contributed by atoms with Gasteiger partial charge in [0.05, 0.1) is 11.8 Å². The van der Waals surface area contributed by atoms with Gasteiger partial charge in [0.25, 0.3) is 5.56 Å². The van der Waals surface area contributed by atoms with Crippen molar-refractivity contribution in [2.75, 3.05) is 0 Å². The number of fused-ring (bicyclic) bond motifs is 1. The summed E-state index contributed by atoms with van der Waals surface area (Å²) in [6.45, 7) is 3.65. The van der Waals surface area contributed by atoms with Gasteiger partial charge in [-0.05, 0) is 19.9 Å². The molecule has 9 heteroatoms. The highest BCUT2D eigenvalue weighted by atomic mass is 16.4. The van der Waals surface area contributed by atoms with Crippen LogP contribution in [0.3, 0.4) is 0 Å². The summed E-state index contributed by atoms with van der Waals surface area (Å²) in [7, 11) is 0. The van der Waals surface area contributed by atoms with Gasteiger partial charge in [0.1, 0.15) is 5.82 Å². The normalized spacial score (nSPS) is 11.0. The molecule has 0 aromatic carbocycles. The highest BCUT2D eigenvalue weighted by Gasteiger charge is 2.20. The Bertz CT molecular complexity index is 972. The highest BCUT2D eigenvalue weighted by Crippen LogP contribution is 2.22. The Kier molecular flexibility index (Phi) is 2.91. The van der Waals surface area contributed by atoms with Crippen LogP contribution in [-0.2, 0) is 0 Å². The fraction of sp³-hybridized carbons (Fsp3) is 0.154. The van der Waals surface area contributed by atoms with Crippen LogP contribution >= 0.6 is 0 Å². The molecular weight excluding hydrogens is 290 g/mol. The van der Waals surface area contributed by atoms with Gasteiger partial charge in [0.15, 0.2) is 11.3 Å². The molecule has 0 aliphatic heterocycles. The summed E-state index contributed by atoms with van der Waals surface area (Å²) in [6, 6.07) is 1.83. The molecule has 0 unspecified atom stereocenters. The van der Waals surface area contributed by atoms with Gasteiger partial charge in [-0.15, -0.1) is 0 Å². The Morgan fingerprint density at radius 3 is 2.73 bits per heavy atom. The predicted molar refractivity (Wildman–Crippen MR) is 74.9 cm³/mol. The molecule has 3 rings (SSSR count). The number of aromatic nitrogens is 5. The van der Waals surface area contributed by atoms with Gasteiger partial charge >= 0.3 is 5.97 Å². The molecule has 3 aromatic rings. The van der Waals surface area contributed by atoms with E-state index in [0.29, 0.717) is 11.2 Å². The third-order valence-electron chi connectivity index (χ3n) is 3.13. The van der Waals surface area contributed by atoms with Crippen molar-refractivity contribution in [2.24, 2.45) is 0 Å². The number of carbonyl (C=O) groups is 1. The number of aromatic hydroxyl groups is 1. The van der Waals surface area contributed by atoms with Crippen LogP contribution < -0.4 is 5.56 Å². The molecule has 0 radical (unpaired) electrons. The van der Waals surface area contributed by atoms with Crippen LogP contribution in [0.2, 0.25) is 0 Å². The molecule has 3 aromatic heterocycles. The molecule has 112 valence electrons. The summed E-state index contributed by atoms with van der Waals surface area (Å²) < 4.78 is 1.55. The Hall–Kier alpha value is -3.23. The topological polar surface area (TPSA) is 133 Å². The van der Waals surface area contributed by atoms with E-state index in [1.54, 1.807) is 11.4 Å². The van der Waals surface area contributed by atoms with Crippen molar-refractivity contribution >= 4 is 11.6 Å². The first-order valence-electron chi connectivity index (χ1n) is 6.27. The van der Waals surface area contributed by atoms with E-state index < -0.39 is 23.0 Å². The molecule has 0 amide bonds. The minimum atomic E-state index is -1.50. The Morgan fingerprint density at radius 2 is 2.05 bits per heavy atom. The lowest BCUT2D eigenvalue weighted by Crippen LogP contribution is -2.15. The molecule has 3 N–H and O–H groups in total. The number of nitrogens with one attached hydrogen (secondary N) is 1. The van der Waals surface area contributed by atoms with Crippen LogP contribution in [-0.4, -0.2) is 40.7 Å². The predicted octanol–water partition coefficient (Wildman–Crippen LogP) is 0.500. The molecule has 3 heterocycles. The number of carboxylic acids is 1. The third-order valence-corrected chi connectivity index (χ3v) is 3.13. The van der Waals surface area contributed by atoms with Crippen molar-refractivity contribution in [3.05, 3.63) is 39.7 Å². The minimum absolute atomic E-state index is 0.0206. The molecule has 9 nitrogen and oxygen atoms in total. The van der Waals surface area contributed by atoms with Crippen molar-refractivity contribution < 1.29 is 15.0 Å². The van der Waals surface area contributed by atoms with Crippen molar-refractivity contribution in [3.8, 4) is 17.1 Å². The molecule has 0 atom stereocenters. The van der Waals surface area contributed by atoms with Crippen LogP contribution in [0, 0.1) is 13.8 Å². The molecule has 0 aliphatic carbocycles. The first-order valence-corrected chi connectivity index (χ1v) is 6.27. The van der Waals surface area contributed by atoms with Crippen LogP contribution in [0.25, 0.3) is 17.0 Å². The van der Waals surface area contributed by atoms with Crippen LogP contribution in [0.4, 0.5) is 0 Å². The second-order valence-electron chi connectivity index (χ2n) is 4.75. The van der Waals surface area contributed by atoms with Crippen LogP contribution in [0.15, 0.2) is 17.1 Å². The smallest absolute Gasteiger partial charge is 0.358 e. The molecule has 22 heavy (non-hydrogen) atoms. The highest BCUT2D eigenvalue weighted by molar-refractivity contribution is 5.89. The summed E-state index contributed by atoms with van der Waals surface area (Å²) in [5, 5.41) is 22.6. The molecule has 0 aliphatic rings. The lowest BCUT2D eigenvalue weighted by molar-refractivity contribution is 0.0686. The van der Waals surface area contributed by atoms with Crippen molar-refractivity contribution in [2.45, 2.75) is 13.8 Å². The monoisotopic (exact) mass is 301 g/mol. The van der Waals surface area contributed by atoms with Crippen LogP contribution in [0.1, 0.15) is 21.9 Å². The number of H-pyrrole nitrogens is 1. The van der Waals surface area contributed by atoms with Gasteiger partial charge in [-0.25, -0.2) is 19.3 Å². The van der Waals surface area contributed by atoms with Crippen molar-refractivity contribution in [3.63, 3.8) is 0 Å². The van der Waals surface area contributed by atoms with Gasteiger partial charge < -0.3 is 15.2 Å². The van der Waals surface area contributed by atoms with Gasteiger partial charge in [-0.3, -0.25) is 4.79 Å². The number of aryl methyl sites for hydroxylation is 2. The maximum Gasteiger partial charge on any atom is 0.358 e. The largest absolute Gasteiger partial charge is 0.501 e. The second-order valence-corrected chi connectivity index (χ2v) is 4.75. The fourth-order valence-corrected chi connectivity index (χ4v) is 2.18. The maximum absolute atomic E-state index is 11.7. The SMILES string of the molecule is Cc1cc(C)n2ncc(-c3nc(C(=O)O)c(O)c(=O)[nH]3)c2n1. The molecule has 0 saturated heterocycles. The van der Waals surface area contributed by atoms with E-state index in [1.165, 1.54) is 6.20 Å². The number of rotatable bonds is 2. The van der Waals surface area contributed by atoms with Crippen molar-refractivity contribution in [1.29, 1.82) is 0 Å². The quantitative estimate of drug-likeness (QED) is 0.627. The third kappa shape index (κ3) is 1.99. The number of aromatic carboxylic acids is 1. The maximum atomic E-state index is 11.7. The number of hydrogen-bond acceptors (Lipinski definition) is 6. The van der Waals surface area contributed by atoms with Crippen molar-refractivity contribution in [1.82, 2.24) is 24.6 Å².